The Hall–Kier alpha value is -2.89. The summed E-state index contributed by atoms with van der Waals surface area (Å²) in [4.78, 5) is 15.3. The predicted octanol–water partition coefficient (Wildman–Crippen LogP) is 4.89. The molecule has 0 radical (unpaired) electrons. The molecule has 3 aliphatic rings. The van der Waals surface area contributed by atoms with Crippen LogP contribution in [0.4, 0.5) is 10.5 Å². The Kier molecular flexibility index (Phi) is 4.72. The lowest BCUT2D eigenvalue weighted by Crippen LogP contribution is -2.50. The maximum atomic E-state index is 13.3. The van der Waals surface area contributed by atoms with Gasteiger partial charge in [-0.05, 0) is 55.2 Å². The van der Waals surface area contributed by atoms with E-state index in [1.54, 1.807) is 7.11 Å². The van der Waals surface area contributed by atoms with E-state index in [1.165, 1.54) is 24.0 Å². The molecule has 1 N–H and O–H groups in total. The van der Waals surface area contributed by atoms with Gasteiger partial charge in [0, 0.05) is 23.7 Å². The Balaban J connectivity index is 1.49. The lowest BCUT2D eigenvalue weighted by molar-refractivity contribution is 0.149. The van der Waals surface area contributed by atoms with E-state index >= 15 is 0 Å². The molecule has 0 unspecified atom stereocenters. The summed E-state index contributed by atoms with van der Waals surface area (Å²) in [7, 11) is 1.63. The Morgan fingerprint density at radius 1 is 1.13 bits per heavy atom. The number of anilines is 1. The lowest BCUT2D eigenvalue weighted by atomic mass is 9.71. The SMILES string of the molecule is COc1cccc(NC(=O)N2CC3(CCCC3)c3cc4c(cc3[C@H]2C)OCCO4)c1. The molecule has 0 saturated heterocycles. The van der Waals surface area contributed by atoms with Gasteiger partial charge in [0.15, 0.2) is 11.5 Å². The maximum absolute atomic E-state index is 13.3. The van der Waals surface area contributed by atoms with Crippen molar-refractivity contribution in [3.8, 4) is 17.2 Å². The molecule has 0 bridgehead atoms. The van der Waals surface area contributed by atoms with Crippen LogP contribution in [0.15, 0.2) is 36.4 Å². The van der Waals surface area contributed by atoms with Crippen molar-refractivity contribution in [2.24, 2.45) is 0 Å². The Morgan fingerprint density at radius 2 is 1.87 bits per heavy atom. The molecule has 6 heteroatoms. The molecule has 1 atom stereocenters. The van der Waals surface area contributed by atoms with Gasteiger partial charge in [-0.3, -0.25) is 0 Å². The highest BCUT2D eigenvalue weighted by molar-refractivity contribution is 5.90. The molecule has 2 heterocycles. The molecular weight excluding hydrogens is 380 g/mol. The molecule has 2 amide bonds. The third-order valence-corrected chi connectivity index (χ3v) is 6.82. The fourth-order valence-corrected chi connectivity index (χ4v) is 5.25. The van der Waals surface area contributed by atoms with Crippen molar-refractivity contribution in [3.63, 3.8) is 0 Å². The van der Waals surface area contributed by atoms with Crippen LogP contribution < -0.4 is 19.5 Å². The van der Waals surface area contributed by atoms with Gasteiger partial charge in [0.25, 0.3) is 0 Å². The minimum Gasteiger partial charge on any atom is -0.497 e. The molecule has 2 aliphatic heterocycles. The number of urea groups is 1. The first-order chi connectivity index (χ1) is 14.6. The number of amides is 2. The molecule has 1 saturated carbocycles. The van der Waals surface area contributed by atoms with Gasteiger partial charge in [0.05, 0.1) is 13.2 Å². The van der Waals surface area contributed by atoms with E-state index in [2.05, 4.69) is 24.4 Å². The summed E-state index contributed by atoms with van der Waals surface area (Å²) in [5, 5.41) is 3.07. The van der Waals surface area contributed by atoms with Crippen molar-refractivity contribution in [2.45, 2.75) is 44.1 Å². The van der Waals surface area contributed by atoms with Crippen molar-refractivity contribution in [1.82, 2.24) is 4.90 Å². The Labute approximate surface area is 177 Å². The fraction of sp³-hybridized carbons (Fsp3) is 0.458. The summed E-state index contributed by atoms with van der Waals surface area (Å²) in [6.07, 6.45) is 4.56. The van der Waals surface area contributed by atoms with Crippen molar-refractivity contribution in [3.05, 3.63) is 47.5 Å². The summed E-state index contributed by atoms with van der Waals surface area (Å²) in [6, 6.07) is 11.6. The van der Waals surface area contributed by atoms with Crippen molar-refractivity contribution >= 4 is 11.7 Å². The summed E-state index contributed by atoms with van der Waals surface area (Å²) >= 11 is 0. The number of methoxy groups -OCH3 is 1. The summed E-state index contributed by atoms with van der Waals surface area (Å²) in [5.41, 5.74) is 3.24. The highest BCUT2D eigenvalue weighted by Gasteiger charge is 2.46. The van der Waals surface area contributed by atoms with Crippen LogP contribution in [-0.4, -0.2) is 37.8 Å². The number of carbonyl (C=O) groups is 1. The molecule has 158 valence electrons. The molecule has 0 aromatic heterocycles. The van der Waals surface area contributed by atoms with Gasteiger partial charge in [-0.2, -0.15) is 0 Å². The van der Waals surface area contributed by atoms with Gasteiger partial charge in [0.1, 0.15) is 19.0 Å². The molecule has 5 rings (SSSR count). The molecule has 6 nitrogen and oxygen atoms in total. The first-order valence-corrected chi connectivity index (χ1v) is 10.8. The van der Waals surface area contributed by atoms with E-state index in [0.29, 0.717) is 13.2 Å². The smallest absolute Gasteiger partial charge is 0.322 e. The zero-order valence-corrected chi connectivity index (χ0v) is 17.6. The van der Waals surface area contributed by atoms with Crippen LogP contribution in [0.1, 0.15) is 49.8 Å². The summed E-state index contributed by atoms with van der Waals surface area (Å²) in [5.74, 6) is 2.35. The molecule has 1 fully saturated rings. The number of fused-ring (bicyclic) bond motifs is 3. The van der Waals surface area contributed by atoms with Gasteiger partial charge in [-0.1, -0.05) is 18.9 Å². The van der Waals surface area contributed by atoms with E-state index in [0.717, 1.165) is 42.3 Å². The minimum absolute atomic E-state index is 0.0105. The first-order valence-electron chi connectivity index (χ1n) is 10.8. The summed E-state index contributed by atoms with van der Waals surface area (Å²) < 4.78 is 17.0. The highest BCUT2D eigenvalue weighted by Crippen LogP contribution is 2.52. The molecular formula is C24H28N2O4. The zero-order valence-electron chi connectivity index (χ0n) is 17.6. The average molecular weight is 408 g/mol. The molecule has 1 spiro atoms. The van der Waals surface area contributed by atoms with E-state index in [1.807, 2.05) is 29.2 Å². The average Bonchev–Trinajstić information content (AvgIpc) is 3.25. The topological polar surface area (TPSA) is 60.0 Å². The van der Waals surface area contributed by atoms with Gasteiger partial charge in [0.2, 0.25) is 0 Å². The third-order valence-electron chi connectivity index (χ3n) is 6.82. The number of nitrogens with one attached hydrogen (secondary N) is 1. The van der Waals surface area contributed by atoms with Crippen LogP contribution in [0.5, 0.6) is 17.2 Å². The molecule has 2 aromatic rings. The van der Waals surface area contributed by atoms with Crippen LogP contribution in [-0.2, 0) is 5.41 Å². The van der Waals surface area contributed by atoms with Crippen molar-refractivity contribution in [1.29, 1.82) is 0 Å². The quantitative estimate of drug-likeness (QED) is 0.769. The minimum atomic E-state index is -0.0810. The Bertz CT molecular complexity index is 968. The van der Waals surface area contributed by atoms with E-state index in [4.69, 9.17) is 14.2 Å². The second-order valence-corrected chi connectivity index (χ2v) is 8.54. The first kappa shape index (κ1) is 19.1. The number of hydrogen-bond donors (Lipinski definition) is 1. The third kappa shape index (κ3) is 3.15. The van der Waals surface area contributed by atoms with Gasteiger partial charge in [-0.15, -0.1) is 0 Å². The summed E-state index contributed by atoms with van der Waals surface area (Å²) in [6.45, 7) is 3.97. The second kappa shape index (κ2) is 7.42. The number of carbonyl (C=O) groups excluding carboxylic acids is 1. The van der Waals surface area contributed by atoms with Crippen molar-refractivity contribution < 1.29 is 19.0 Å². The van der Waals surface area contributed by atoms with Crippen LogP contribution >= 0.6 is 0 Å². The standard InChI is InChI=1S/C24H28N2O4/c1-16-19-13-21-22(30-11-10-29-21)14-20(19)24(8-3-4-9-24)15-26(16)23(27)25-17-6-5-7-18(12-17)28-2/h5-7,12-14,16H,3-4,8-11,15H2,1-2H3,(H,25,27)/t16-/m1/s1. The van der Waals surface area contributed by atoms with Crippen LogP contribution in [0.3, 0.4) is 0 Å². The predicted molar refractivity (Wildman–Crippen MR) is 115 cm³/mol. The van der Waals surface area contributed by atoms with Gasteiger partial charge < -0.3 is 24.4 Å². The monoisotopic (exact) mass is 408 g/mol. The highest BCUT2D eigenvalue weighted by atomic mass is 16.6. The number of hydrogen-bond acceptors (Lipinski definition) is 4. The number of nitrogens with zero attached hydrogens (tertiary/aromatic N) is 1. The van der Waals surface area contributed by atoms with Crippen molar-refractivity contribution in [2.75, 3.05) is 32.2 Å². The molecule has 1 aliphatic carbocycles. The van der Waals surface area contributed by atoms with Crippen LogP contribution in [0, 0.1) is 0 Å². The van der Waals surface area contributed by atoms with Crippen LogP contribution in [0.2, 0.25) is 0 Å². The molecule has 2 aromatic carbocycles. The maximum Gasteiger partial charge on any atom is 0.322 e. The number of benzene rings is 2. The zero-order chi connectivity index (χ0) is 20.7. The normalized spacial score (nSPS) is 21.3. The number of ether oxygens (including phenoxy) is 3. The Morgan fingerprint density at radius 3 is 2.60 bits per heavy atom. The second-order valence-electron chi connectivity index (χ2n) is 8.54. The lowest BCUT2D eigenvalue weighted by Gasteiger charge is -2.46. The van der Waals surface area contributed by atoms with E-state index in [9.17, 15) is 4.79 Å². The van der Waals surface area contributed by atoms with Gasteiger partial charge >= 0.3 is 6.03 Å². The number of rotatable bonds is 2. The van der Waals surface area contributed by atoms with Crippen LogP contribution in [0.25, 0.3) is 0 Å². The largest absolute Gasteiger partial charge is 0.497 e. The molecule has 30 heavy (non-hydrogen) atoms. The van der Waals surface area contributed by atoms with E-state index < -0.39 is 0 Å². The van der Waals surface area contributed by atoms with E-state index in [-0.39, 0.29) is 17.5 Å². The van der Waals surface area contributed by atoms with Gasteiger partial charge in [-0.25, -0.2) is 4.79 Å². The fourth-order valence-electron chi connectivity index (χ4n) is 5.25.